The number of halogens is 1. The van der Waals surface area contributed by atoms with E-state index in [1.165, 1.54) is 4.90 Å². The molecule has 0 fully saturated rings. The fourth-order valence-electron chi connectivity index (χ4n) is 0.936. The monoisotopic (exact) mass is 206 g/mol. The highest BCUT2D eigenvalue weighted by atomic mass is 35.5. The molecular weight excluding hydrogens is 188 g/mol. The standard InChI is InChI=1S/C9H18N2O.ClH/c1-6-8(11(4)5)10-9(12)7(2)3;/h8H,2,6H2,1,3-5H3,(H,10,12);1H. The molecule has 0 aromatic carbocycles. The predicted molar refractivity (Wildman–Crippen MR) is 49.8 cm³/mol. The summed E-state index contributed by atoms with van der Waals surface area (Å²) >= 11 is 0. The largest absolute Gasteiger partial charge is 1.00 e. The Balaban J connectivity index is 0. The molecule has 0 saturated carbocycles. The number of amides is 1. The van der Waals surface area contributed by atoms with E-state index in [1.54, 1.807) is 6.92 Å². The fraction of sp³-hybridized carbons (Fsp3) is 0.667. The third-order valence-corrected chi connectivity index (χ3v) is 1.80. The first-order valence-electron chi connectivity index (χ1n) is 4.25. The van der Waals surface area contributed by atoms with Crippen LogP contribution in [0.25, 0.3) is 0 Å². The predicted octanol–water partition coefficient (Wildman–Crippen LogP) is -3.44. The van der Waals surface area contributed by atoms with Gasteiger partial charge >= 0.3 is 0 Å². The molecule has 1 amide bonds. The maximum atomic E-state index is 11.2. The highest BCUT2D eigenvalue weighted by Gasteiger charge is 2.14. The van der Waals surface area contributed by atoms with E-state index in [2.05, 4.69) is 18.8 Å². The van der Waals surface area contributed by atoms with Crippen LogP contribution < -0.4 is 22.6 Å². The summed E-state index contributed by atoms with van der Waals surface area (Å²) in [6, 6.07) is 0. The smallest absolute Gasteiger partial charge is 0.250 e. The number of quaternary nitrogens is 1. The molecule has 0 radical (unpaired) electrons. The summed E-state index contributed by atoms with van der Waals surface area (Å²) in [7, 11) is 4.04. The van der Waals surface area contributed by atoms with Gasteiger partial charge < -0.3 is 22.6 Å². The molecule has 13 heavy (non-hydrogen) atoms. The lowest BCUT2D eigenvalue weighted by Crippen LogP contribution is -3.12. The minimum absolute atomic E-state index is 0. The molecule has 0 aliphatic heterocycles. The van der Waals surface area contributed by atoms with Gasteiger partial charge in [0.05, 0.1) is 14.1 Å². The maximum Gasteiger partial charge on any atom is 0.250 e. The molecule has 0 heterocycles. The molecule has 0 aromatic heterocycles. The van der Waals surface area contributed by atoms with Crippen LogP contribution >= 0.6 is 0 Å². The Kier molecular flexibility index (Phi) is 7.96. The van der Waals surface area contributed by atoms with E-state index in [9.17, 15) is 4.79 Å². The zero-order chi connectivity index (χ0) is 9.72. The Bertz CT molecular complexity index is 180. The van der Waals surface area contributed by atoms with Gasteiger partial charge in [0.15, 0.2) is 6.17 Å². The van der Waals surface area contributed by atoms with Gasteiger partial charge in [-0.1, -0.05) is 13.5 Å². The number of carbonyl (C=O) groups excluding carboxylic acids is 1. The van der Waals surface area contributed by atoms with Crippen LogP contribution in [0.5, 0.6) is 0 Å². The van der Waals surface area contributed by atoms with E-state index in [0.717, 1.165) is 6.42 Å². The van der Waals surface area contributed by atoms with Crippen LogP contribution in [0, 0.1) is 0 Å². The number of nitrogens with one attached hydrogen (secondary N) is 2. The van der Waals surface area contributed by atoms with Crippen LogP contribution in [-0.2, 0) is 4.79 Å². The van der Waals surface area contributed by atoms with Crippen LogP contribution in [0.3, 0.4) is 0 Å². The van der Waals surface area contributed by atoms with Crippen molar-refractivity contribution in [1.82, 2.24) is 5.32 Å². The van der Waals surface area contributed by atoms with Crippen LogP contribution in [0.4, 0.5) is 0 Å². The second kappa shape index (κ2) is 6.92. The summed E-state index contributed by atoms with van der Waals surface area (Å²) in [5.41, 5.74) is 0.565. The van der Waals surface area contributed by atoms with E-state index in [4.69, 9.17) is 0 Å². The van der Waals surface area contributed by atoms with Gasteiger partial charge in [-0.15, -0.1) is 0 Å². The van der Waals surface area contributed by atoms with E-state index >= 15 is 0 Å². The van der Waals surface area contributed by atoms with Gasteiger partial charge in [0, 0.05) is 12.0 Å². The molecular formula is C9H19ClN2O. The SMILES string of the molecule is C=C(C)C(=O)NC(CC)[NH+](C)C.[Cl-]. The number of carbonyl (C=O) groups is 1. The minimum Gasteiger partial charge on any atom is -1.00 e. The average Bonchev–Trinajstić information content (AvgIpc) is 1.98. The first-order valence-corrected chi connectivity index (χ1v) is 4.25. The molecule has 2 N–H and O–H groups in total. The molecule has 0 bridgehead atoms. The Morgan fingerprint density at radius 1 is 1.54 bits per heavy atom. The van der Waals surface area contributed by atoms with Gasteiger partial charge in [-0.05, 0) is 6.92 Å². The molecule has 78 valence electrons. The molecule has 0 spiro atoms. The fourth-order valence-corrected chi connectivity index (χ4v) is 0.936. The Hall–Kier alpha value is -0.540. The summed E-state index contributed by atoms with van der Waals surface area (Å²) in [6.45, 7) is 7.35. The molecule has 0 aromatic rings. The number of rotatable bonds is 4. The van der Waals surface area contributed by atoms with Gasteiger partial charge in [0.2, 0.25) is 0 Å². The zero-order valence-electron chi connectivity index (χ0n) is 8.78. The van der Waals surface area contributed by atoms with Crippen molar-refractivity contribution < 1.29 is 22.1 Å². The molecule has 0 aliphatic rings. The van der Waals surface area contributed by atoms with Crippen molar-refractivity contribution in [2.75, 3.05) is 14.1 Å². The van der Waals surface area contributed by atoms with Gasteiger partial charge in [0.25, 0.3) is 5.91 Å². The molecule has 1 unspecified atom stereocenters. The van der Waals surface area contributed by atoms with Crippen molar-refractivity contribution in [2.45, 2.75) is 26.4 Å². The van der Waals surface area contributed by atoms with E-state index in [0.29, 0.717) is 5.57 Å². The first-order chi connectivity index (χ1) is 5.49. The molecule has 1 atom stereocenters. The van der Waals surface area contributed by atoms with Gasteiger partial charge in [0.1, 0.15) is 0 Å². The summed E-state index contributed by atoms with van der Waals surface area (Å²) in [4.78, 5) is 12.4. The quantitative estimate of drug-likeness (QED) is 0.365. The van der Waals surface area contributed by atoms with Crippen LogP contribution in [0.15, 0.2) is 12.2 Å². The first kappa shape index (κ1) is 15.0. The van der Waals surface area contributed by atoms with Crippen LogP contribution in [0.1, 0.15) is 20.3 Å². The normalized spacial score (nSPS) is 11.8. The summed E-state index contributed by atoms with van der Waals surface area (Å²) in [6.07, 6.45) is 1.12. The Morgan fingerprint density at radius 2 is 2.00 bits per heavy atom. The third-order valence-electron chi connectivity index (χ3n) is 1.80. The number of hydrogen-bond acceptors (Lipinski definition) is 1. The lowest BCUT2D eigenvalue weighted by Gasteiger charge is -2.20. The minimum atomic E-state index is -0.0527. The summed E-state index contributed by atoms with van der Waals surface area (Å²) < 4.78 is 0. The second-order valence-electron chi connectivity index (χ2n) is 3.29. The molecule has 4 heteroatoms. The summed E-state index contributed by atoms with van der Waals surface area (Å²) in [5, 5.41) is 2.89. The van der Waals surface area contributed by atoms with Crippen molar-refractivity contribution in [3.63, 3.8) is 0 Å². The van der Waals surface area contributed by atoms with Crippen molar-refractivity contribution in [3.8, 4) is 0 Å². The van der Waals surface area contributed by atoms with E-state index in [-0.39, 0.29) is 24.5 Å². The molecule has 0 rings (SSSR count). The van der Waals surface area contributed by atoms with Gasteiger partial charge in [-0.25, -0.2) is 0 Å². The highest BCUT2D eigenvalue weighted by Crippen LogP contribution is 1.88. The van der Waals surface area contributed by atoms with Crippen molar-refractivity contribution >= 4 is 5.91 Å². The number of hydrogen-bond donors (Lipinski definition) is 2. The van der Waals surface area contributed by atoms with Crippen LogP contribution in [0.2, 0.25) is 0 Å². The maximum absolute atomic E-state index is 11.2. The second-order valence-corrected chi connectivity index (χ2v) is 3.29. The Morgan fingerprint density at radius 3 is 2.23 bits per heavy atom. The van der Waals surface area contributed by atoms with Crippen molar-refractivity contribution in [3.05, 3.63) is 12.2 Å². The summed E-state index contributed by atoms with van der Waals surface area (Å²) in [5.74, 6) is -0.0527. The van der Waals surface area contributed by atoms with E-state index < -0.39 is 0 Å². The lowest BCUT2D eigenvalue weighted by atomic mass is 10.3. The van der Waals surface area contributed by atoms with Gasteiger partial charge in [-0.2, -0.15) is 0 Å². The average molecular weight is 207 g/mol. The topological polar surface area (TPSA) is 33.5 Å². The Labute approximate surface area is 86.6 Å². The van der Waals surface area contributed by atoms with Crippen LogP contribution in [-0.4, -0.2) is 26.2 Å². The molecule has 0 saturated heterocycles. The highest BCUT2D eigenvalue weighted by molar-refractivity contribution is 5.92. The van der Waals surface area contributed by atoms with E-state index in [1.807, 2.05) is 14.1 Å². The van der Waals surface area contributed by atoms with Crippen molar-refractivity contribution in [2.24, 2.45) is 0 Å². The molecule has 3 nitrogen and oxygen atoms in total. The lowest BCUT2D eigenvalue weighted by molar-refractivity contribution is -0.888. The third kappa shape index (κ3) is 5.66. The van der Waals surface area contributed by atoms with Gasteiger partial charge in [-0.3, -0.25) is 4.79 Å². The molecule has 0 aliphatic carbocycles. The zero-order valence-corrected chi connectivity index (χ0v) is 9.53. The van der Waals surface area contributed by atoms with Crippen molar-refractivity contribution in [1.29, 1.82) is 0 Å².